The summed E-state index contributed by atoms with van der Waals surface area (Å²) in [6.07, 6.45) is 1.67. The predicted octanol–water partition coefficient (Wildman–Crippen LogP) is 4.03. The number of thiocarbonyl (C=S) groups is 1. The number of methoxy groups -OCH3 is 2. The molecule has 0 aliphatic carbocycles. The Balaban J connectivity index is 1.42. The van der Waals surface area contributed by atoms with Crippen molar-refractivity contribution in [1.29, 1.82) is 0 Å². The number of fused-ring (bicyclic) bond motifs is 1. The van der Waals surface area contributed by atoms with E-state index in [1.54, 1.807) is 30.5 Å². The lowest BCUT2D eigenvalue weighted by Gasteiger charge is -2.11. The number of amides is 1. The second kappa shape index (κ2) is 8.80. The molecule has 0 unspecified atom stereocenters. The van der Waals surface area contributed by atoms with Crippen LogP contribution in [0.2, 0.25) is 0 Å². The number of rotatable bonds is 5. The molecule has 156 valence electrons. The Bertz CT molecular complexity index is 1200. The average Bonchev–Trinajstić information content (AvgIpc) is 3.23. The van der Waals surface area contributed by atoms with Gasteiger partial charge in [-0.15, -0.1) is 0 Å². The Morgan fingerprint density at radius 2 is 1.74 bits per heavy atom. The third kappa shape index (κ3) is 4.62. The summed E-state index contributed by atoms with van der Waals surface area (Å²) in [6, 6.07) is 15.8. The van der Waals surface area contributed by atoms with Gasteiger partial charge < -0.3 is 19.2 Å². The summed E-state index contributed by atoms with van der Waals surface area (Å²) in [4.78, 5) is 21.1. The van der Waals surface area contributed by atoms with Gasteiger partial charge in [-0.05, 0) is 60.7 Å². The van der Waals surface area contributed by atoms with Crippen LogP contribution in [0.25, 0.3) is 22.7 Å². The van der Waals surface area contributed by atoms with Gasteiger partial charge in [0.15, 0.2) is 16.3 Å². The molecule has 0 aliphatic rings. The van der Waals surface area contributed by atoms with Crippen LogP contribution in [0.3, 0.4) is 0 Å². The van der Waals surface area contributed by atoms with Gasteiger partial charge >= 0.3 is 0 Å². The van der Waals surface area contributed by atoms with E-state index in [4.69, 9.17) is 26.1 Å². The summed E-state index contributed by atoms with van der Waals surface area (Å²) < 4.78 is 16.1. The second-order valence-electron chi connectivity index (χ2n) is 6.43. The molecular formula is C22H18N4O4S. The number of oxazole rings is 1. The number of hydrogen-bond acceptors (Lipinski definition) is 7. The number of aromatic nitrogens is 2. The minimum absolute atomic E-state index is 0.158. The molecule has 2 aromatic carbocycles. The lowest BCUT2D eigenvalue weighted by atomic mass is 10.2. The van der Waals surface area contributed by atoms with Crippen molar-refractivity contribution in [2.45, 2.75) is 0 Å². The van der Waals surface area contributed by atoms with Crippen LogP contribution in [0.1, 0.15) is 10.4 Å². The number of ether oxygens (including phenoxy) is 2. The Labute approximate surface area is 183 Å². The third-order valence-electron chi connectivity index (χ3n) is 4.40. The van der Waals surface area contributed by atoms with E-state index < -0.39 is 0 Å². The molecule has 4 rings (SSSR count). The lowest BCUT2D eigenvalue weighted by Crippen LogP contribution is -2.34. The molecule has 4 aromatic rings. The number of benzene rings is 2. The molecule has 2 heterocycles. The van der Waals surface area contributed by atoms with Crippen LogP contribution < -0.4 is 20.1 Å². The van der Waals surface area contributed by atoms with E-state index in [9.17, 15) is 4.79 Å². The molecule has 2 N–H and O–H groups in total. The van der Waals surface area contributed by atoms with Crippen molar-refractivity contribution in [2.24, 2.45) is 0 Å². The molecule has 31 heavy (non-hydrogen) atoms. The van der Waals surface area contributed by atoms with Gasteiger partial charge in [0.25, 0.3) is 5.91 Å². The van der Waals surface area contributed by atoms with Crippen LogP contribution in [-0.2, 0) is 0 Å². The molecule has 1 amide bonds. The Morgan fingerprint density at radius 1 is 1.03 bits per heavy atom. The molecule has 0 spiro atoms. The van der Waals surface area contributed by atoms with Crippen LogP contribution in [0.4, 0.5) is 5.69 Å². The Morgan fingerprint density at radius 3 is 2.39 bits per heavy atom. The molecule has 9 heteroatoms. The van der Waals surface area contributed by atoms with E-state index in [1.165, 1.54) is 14.2 Å². The highest BCUT2D eigenvalue weighted by atomic mass is 32.1. The van der Waals surface area contributed by atoms with Crippen LogP contribution in [0, 0.1) is 0 Å². The zero-order chi connectivity index (χ0) is 21.8. The summed E-state index contributed by atoms with van der Waals surface area (Å²) in [5, 5.41) is 5.78. The summed E-state index contributed by atoms with van der Waals surface area (Å²) in [5.41, 5.74) is 3.03. The lowest BCUT2D eigenvalue weighted by molar-refractivity contribution is 0.0977. The highest BCUT2D eigenvalue weighted by Crippen LogP contribution is 2.25. The fourth-order valence-corrected chi connectivity index (χ4v) is 3.08. The van der Waals surface area contributed by atoms with E-state index in [0.717, 1.165) is 5.56 Å². The SMILES string of the molecule is COc1cc(OC)cc(C(=O)NC(=S)Nc2ccc(-c3nc4ncccc4o3)cc2)c1. The first-order chi connectivity index (χ1) is 15.1. The number of hydrogen-bond donors (Lipinski definition) is 2. The molecule has 0 radical (unpaired) electrons. The Kier molecular flexibility index (Phi) is 5.76. The van der Waals surface area contributed by atoms with Gasteiger partial charge in [-0.2, -0.15) is 4.98 Å². The monoisotopic (exact) mass is 434 g/mol. The average molecular weight is 434 g/mol. The van der Waals surface area contributed by atoms with Crippen LogP contribution in [0.15, 0.2) is 65.2 Å². The van der Waals surface area contributed by atoms with E-state index in [-0.39, 0.29) is 11.0 Å². The van der Waals surface area contributed by atoms with E-state index in [2.05, 4.69) is 20.6 Å². The zero-order valence-corrected chi connectivity index (χ0v) is 17.5. The fraction of sp³-hybridized carbons (Fsp3) is 0.0909. The maximum Gasteiger partial charge on any atom is 0.257 e. The quantitative estimate of drug-likeness (QED) is 0.454. The van der Waals surface area contributed by atoms with Gasteiger partial charge in [-0.3, -0.25) is 10.1 Å². The molecule has 2 aromatic heterocycles. The molecule has 0 bridgehead atoms. The summed E-state index contributed by atoms with van der Waals surface area (Å²) in [6.45, 7) is 0. The second-order valence-corrected chi connectivity index (χ2v) is 6.84. The van der Waals surface area contributed by atoms with Crippen molar-refractivity contribution in [3.8, 4) is 23.0 Å². The number of carbonyl (C=O) groups excluding carboxylic acids is 1. The van der Waals surface area contributed by atoms with E-state index in [0.29, 0.717) is 39.9 Å². The first kappa shape index (κ1) is 20.3. The molecule has 0 saturated carbocycles. The summed E-state index contributed by atoms with van der Waals surface area (Å²) in [7, 11) is 3.04. The molecule has 0 saturated heterocycles. The number of nitrogens with one attached hydrogen (secondary N) is 2. The van der Waals surface area contributed by atoms with E-state index >= 15 is 0 Å². The number of anilines is 1. The van der Waals surface area contributed by atoms with Crippen molar-refractivity contribution < 1.29 is 18.7 Å². The highest BCUT2D eigenvalue weighted by molar-refractivity contribution is 7.80. The van der Waals surface area contributed by atoms with Crippen molar-refractivity contribution in [3.05, 3.63) is 66.4 Å². The summed E-state index contributed by atoms with van der Waals surface area (Å²) in [5.74, 6) is 1.11. The van der Waals surface area contributed by atoms with Gasteiger partial charge in [0, 0.05) is 29.1 Å². The van der Waals surface area contributed by atoms with Gasteiger partial charge in [0.1, 0.15) is 11.5 Å². The maximum atomic E-state index is 12.5. The molecule has 0 fully saturated rings. The molecule has 0 aliphatic heterocycles. The maximum absolute atomic E-state index is 12.5. The van der Waals surface area contributed by atoms with Crippen LogP contribution >= 0.6 is 12.2 Å². The van der Waals surface area contributed by atoms with Gasteiger partial charge in [-0.1, -0.05) is 0 Å². The molecule has 8 nitrogen and oxygen atoms in total. The first-order valence-corrected chi connectivity index (χ1v) is 9.64. The molecular weight excluding hydrogens is 416 g/mol. The predicted molar refractivity (Wildman–Crippen MR) is 120 cm³/mol. The number of nitrogens with zero attached hydrogens (tertiary/aromatic N) is 2. The van der Waals surface area contributed by atoms with E-state index in [1.807, 2.05) is 30.3 Å². The van der Waals surface area contributed by atoms with Crippen molar-refractivity contribution in [3.63, 3.8) is 0 Å². The van der Waals surface area contributed by atoms with Crippen molar-refractivity contribution >= 4 is 40.2 Å². The van der Waals surface area contributed by atoms with Gasteiger partial charge in [0.2, 0.25) is 5.89 Å². The smallest absolute Gasteiger partial charge is 0.257 e. The Hall–Kier alpha value is -3.98. The normalized spacial score (nSPS) is 10.5. The van der Waals surface area contributed by atoms with Crippen molar-refractivity contribution in [1.82, 2.24) is 15.3 Å². The minimum Gasteiger partial charge on any atom is -0.497 e. The molecule has 0 atom stereocenters. The van der Waals surface area contributed by atoms with Gasteiger partial charge in [-0.25, -0.2) is 4.98 Å². The van der Waals surface area contributed by atoms with Crippen LogP contribution in [0.5, 0.6) is 11.5 Å². The number of pyridine rings is 1. The highest BCUT2D eigenvalue weighted by Gasteiger charge is 2.12. The third-order valence-corrected chi connectivity index (χ3v) is 4.60. The zero-order valence-electron chi connectivity index (χ0n) is 16.7. The van der Waals surface area contributed by atoms with Crippen molar-refractivity contribution in [2.75, 3.05) is 19.5 Å². The summed E-state index contributed by atoms with van der Waals surface area (Å²) >= 11 is 5.26. The standard InChI is InChI=1S/C22H18N4O4S/c1-28-16-10-14(11-17(12-16)29-2)20(27)26-22(31)24-15-7-5-13(6-8-15)21-25-19-18(30-21)4-3-9-23-19/h3-12H,1-2H3,(H2,24,26,27,31). The fourth-order valence-electron chi connectivity index (χ4n) is 2.86. The largest absolute Gasteiger partial charge is 0.497 e. The minimum atomic E-state index is -0.384. The topological polar surface area (TPSA) is 98.5 Å². The van der Waals surface area contributed by atoms with Crippen LogP contribution in [-0.4, -0.2) is 35.2 Å². The first-order valence-electron chi connectivity index (χ1n) is 9.23. The van der Waals surface area contributed by atoms with Gasteiger partial charge in [0.05, 0.1) is 14.2 Å². The number of carbonyl (C=O) groups is 1.